The molecule has 1 rings (SSSR count). The highest BCUT2D eigenvalue weighted by Gasteiger charge is 2.22. The van der Waals surface area contributed by atoms with Gasteiger partial charge in [0.1, 0.15) is 4.99 Å². The van der Waals surface area contributed by atoms with Gasteiger partial charge >= 0.3 is 0 Å². The fourth-order valence-electron chi connectivity index (χ4n) is 1.56. The largest absolute Gasteiger partial charge is 0.389 e. The van der Waals surface area contributed by atoms with E-state index >= 15 is 0 Å². The van der Waals surface area contributed by atoms with E-state index in [9.17, 15) is 4.79 Å². The lowest BCUT2D eigenvalue weighted by Crippen LogP contribution is -2.24. The lowest BCUT2D eigenvalue weighted by atomic mass is 9.80. The molecular weight excluding hydrogens is 292 g/mol. The quantitative estimate of drug-likeness (QED) is 0.827. The molecule has 5 heteroatoms. The Bertz CT molecular complexity index is 523. The Kier molecular flexibility index (Phi) is 5.54. The summed E-state index contributed by atoms with van der Waals surface area (Å²) in [6.07, 6.45) is 0.442. The van der Waals surface area contributed by atoms with Crippen molar-refractivity contribution in [2.75, 3.05) is 5.32 Å². The Morgan fingerprint density at radius 2 is 2.05 bits per heavy atom. The third-order valence-corrected chi connectivity index (χ3v) is 4.06. The monoisotopic (exact) mass is 312 g/mol. The van der Waals surface area contributed by atoms with Crippen LogP contribution in [0.5, 0.6) is 0 Å². The summed E-state index contributed by atoms with van der Waals surface area (Å²) >= 11 is 11.0. The fraction of sp³-hybridized carbons (Fsp3) is 0.467. The summed E-state index contributed by atoms with van der Waals surface area (Å²) in [5.74, 6) is 0.203. The standard InChI is InChI=1S/C15H21ClN2OS/c1-9(15(2,3)4)7-13(19)18-12-8-10(14(17)20)5-6-11(12)16/h5-6,8-9H,7H2,1-4H3,(H2,17,20)(H,18,19). The van der Waals surface area contributed by atoms with Gasteiger partial charge in [-0.2, -0.15) is 0 Å². The number of benzene rings is 1. The van der Waals surface area contributed by atoms with Crippen LogP contribution >= 0.6 is 23.8 Å². The molecule has 0 aliphatic heterocycles. The fourth-order valence-corrected chi connectivity index (χ4v) is 1.85. The number of thiocarbonyl (C=S) groups is 1. The summed E-state index contributed by atoms with van der Waals surface area (Å²) in [4.78, 5) is 12.3. The summed E-state index contributed by atoms with van der Waals surface area (Å²) in [5, 5.41) is 3.30. The number of halogens is 1. The van der Waals surface area contributed by atoms with Gasteiger partial charge in [0.2, 0.25) is 5.91 Å². The van der Waals surface area contributed by atoms with Crippen LogP contribution < -0.4 is 11.1 Å². The average molecular weight is 313 g/mol. The van der Waals surface area contributed by atoms with E-state index in [0.29, 0.717) is 22.7 Å². The van der Waals surface area contributed by atoms with Gasteiger partial charge in [0.25, 0.3) is 0 Å². The smallest absolute Gasteiger partial charge is 0.224 e. The van der Waals surface area contributed by atoms with Crippen LogP contribution in [-0.2, 0) is 4.79 Å². The van der Waals surface area contributed by atoms with E-state index < -0.39 is 0 Å². The molecule has 0 spiro atoms. The molecule has 0 fully saturated rings. The third-order valence-electron chi connectivity index (χ3n) is 3.49. The molecule has 0 saturated heterocycles. The second-order valence-corrected chi connectivity index (χ2v) is 6.93. The van der Waals surface area contributed by atoms with Crippen LogP contribution in [0.2, 0.25) is 5.02 Å². The molecule has 3 N–H and O–H groups in total. The minimum atomic E-state index is -0.0607. The second-order valence-electron chi connectivity index (χ2n) is 6.08. The number of carbonyl (C=O) groups is 1. The molecule has 20 heavy (non-hydrogen) atoms. The first-order chi connectivity index (χ1) is 9.11. The van der Waals surface area contributed by atoms with Gasteiger partial charge in [-0.15, -0.1) is 0 Å². The van der Waals surface area contributed by atoms with E-state index in [1.807, 2.05) is 0 Å². The van der Waals surface area contributed by atoms with E-state index in [-0.39, 0.29) is 22.2 Å². The first kappa shape index (κ1) is 16.9. The normalized spacial score (nSPS) is 12.8. The van der Waals surface area contributed by atoms with Crippen molar-refractivity contribution >= 4 is 40.4 Å². The molecule has 0 aliphatic carbocycles. The molecule has 0 aromatic heterocycles. The molecule has 0 heterocycles. The van der Waals surface area contributed by atoms with E-state index in [2.05, 4.69) is 33.0 Å². The summed E-state index contributed by atoms with van der Waals surface area (Å²) in [7, 11) is 0. The zero-order valence-electron chi connectivity index (χ0n) is 12.3. The number of anilines is 1. The molecule has 0 saturated carbocycles. The lowest BCUT2D eigenvalue weighted by molar-refractivity contribution is -0.117. The lowest BCUT2D eigenvalue weighted by Gasteiger charge is -2.26. The second kappa shape index (κ2) is 6.55. The Balaban J connectivity index is 2.80. The van der Waals surface area contributed by atoms with Gasteiger partial charge in [-0.25, -0.2) is 0 Å². The van der Waals surface area contributed by atoms with E-state index in [1.54, 1.807) is 18.2 Å². The highest BCUT2D eigenvalue weighted by molar-refractivity contribution is 7.80. The number of nitrogens with one attached hydrogen (secondary N) is 1. The van der Waals surface area contributed by atoms with Crippen molar-refractivity contribution in [2.24, 2.45) is 17.1 Å². The minimum Gasteiger partial charge on any atom is -0.389 e. The van der Waals surface area contributed by atoms with Crippen LogP contribution in [0, 0.1) is 11.3 Å². The Labute approximate surface area is 130 Å². The predicted octanol–water partition coefficient (Wildman–Crippen LogP) is 3.99. The van der Waals surface area contributed by atoms with Gasteiger partial charge in [-0.1, -0.05) is 57.6 Å². The van der Waals surface area contributed by atoms with Crippen molar-refractivity contribution in [3.05, 3.63) is 28.8 Å². The topological polar surface area (TPSA) is 55.1 Å². The molecule has 0 radical (unpaired) electrons. The number of hydrogen-bond acceptors (Lipinski definition) is 2. The number of rotatable bonds is 4. The number of amides is 1. The van der Waals surface area contributed by atoms with Crippen molar-refractivity contribution in [3.63, 3.8) is 0 Å². The van der Waals surface area contributed by atoms with E-state index in [1.165, 1.54) is 0 Å². The van der Waals surface area contributed by atoms with Crippen LogP contribution in [0.4, 0.5) is 5.69 Å². The van der Waals surface area contributed by atoms with Gasteiger partial charge in [0.05, 0.1) is 10.7 Å². The number of hydrogen-bond donors (Lipinski definition) is 2. The van der Waals surface area contributed by atoms with Gasteiger partial charge in [0, 0.05) is 12.0 Å². The molecule has 0 bridgehead atoms. The third kappa shape index (κ3) is 4.76. The Hall–Kier alpha value is -1.13. The zero-order chi connectivity index (χ0) is 15.5. The van der Waals surface area contributed by atoms with Gasteiger partial charge < -0.3 is 11.1 Å². The first-order valence-electron chi connectivity index (χ1n) is 6.50. The summed E-state index contributed by atoms with van der Waals surface area (Å²) in [6, 6.07) is 5.11. The number of carbonyl (C=O) groups excluding carboxylic acids is 1. The van der Waals surface area contributed by atoms with Crippen LogP contribution in [0.15, 0.2) is 18.2 Å². The Morgan fingerprint density at radius 3 is 2.55 bits per heavy atom. The molecule has 1 atom stereocenters. The maximum Gasteiger partial charge on any atom is 0.224 e. The zero-order valence-corrected chi connectivity index (χ0v) is 13.9. The van der Waals surface area contributed by atoms with Crippen LogP contribution in [0.1, 0.15) is 39.7 Å². The summed E-state index contributed by atoms with van der Waals surface area (Å²) in [5.41, 5.74) is 6.89. The van der Waals surface area contributed by atoms with Crippen molar-refractivity contribution in [1.82, 2.24) is 0 Å². The predicted molar refractivity (Wildman–Crippen MR) is 89.2 cm³/mol. The van der Waals surface area contributed by atoms with Crippen molar-refractivity contribution in [2.45, 2.75) is 34.1 Å². The van der Waals surface area contributed by atoms with Crippen LogP contribution in [0.25, 0.3) is 0 Å². The number of nitrogens with two attached hydrogens (primary N) is 1. The maximum absolute atomic E-state index is 12.1. The van der Waals surface area contributed by atoms with Crippen LogP contribution in [-0.4, -0.2) is 10.9 Å². The van der Waals surface area contributed by atoms with Gasteiger partial charge in [-0.05, 0) is 23.5 Å². The SMILES string of the molecule is CC(CC(=O)Nc1cc(C(N)=S)ccc1Cl)C(C)(C)C. The highest BCUT2D eigenvalue weighted by atomic mass is 35.5. The van der Waals surface area contributed by atoms with E-state index in [0.717, 1.165) is 0 Å². The highest BCUT2D eigenvalue weighted by Crippen LogP contribution is 2.29. The average Bonchev–Trinajstić information content (AvgIpc) is 2.30. The summed E-state index contributed by atoms with van der Waals surface area (Å²) in [6.45, 7) is 8.41. The molecule has 1 amide bonds. The van der Waals surface area contributed by atoms with Crippen LogP contribution in [0.3, 0.4) is 0 Å². The van der Waals surface area contributed by atoms with Crippen molar-refractivity contribution in [3.8, 4) is 0 Å². The molecule has 110 valence electrons. The van der Waals surface area contributed by atoms with Gasteiger partial charge in [-0.3, -0.25) is 4.79 Å². The first-order valence-corrected chi connectivity index (χ1v) is 7.29. The molecular formula is C15H21ClN2OS. The van der Waals surface area contributed by atoms with Crippen molar-refractivity contribution < 1.29 is 4.79 Å². The molecule has 1 unspecified atom stereocenters. The molecule has 1 aromatic rings. The van der Waals surface area contributed by atoms with Crippen molar-refractivity contribution in [1.29, 1.82) is 0 Å². The Morgan fingerprint density at radius 1 is 1.45 bits per heavy atom. The molecule has 1 aromatic carbocycles. The van der Waals surface area contributed by atoms with Gasteiger partial charge in [0.15, 0.2) is 0 Å². The molecule has 0 aliphatic rings. The summed E-state index contributed by atoms with van der Waals surface area (Å²) < 4.78 is 0. The minimum absolute atomic E-state index is 0.0607. The maximum atomic E-state index is 12.1. The van der Waals surface area contributed by atoms with E-state index in [4.69, 9.17) is 29.6 Å². The molecule has 3 nitrogen and oxygen atoms in total.